The topological polar surface area (TPSA) is 58.6 Å². The Morgan fingerprint density at radius 2 is 2.44 bits per heavy atom. The number of aromatic amines is 1. The maximum atomic E-state index is 10.4. The van der Waals surface area contributed by atoms with Crippen molar-refractivity contribution in [3.63, 3.8) is 0 Å². The maximum absolute atomic E-state index is 10.4. The molecule has 48 valence electrons. The molecule has 0 amide bonds. The van der Waals surface area contributed by atoms with Crippen LogP contribution in [-0.2, 0) is 0 Å². The van der Waals surface area contributed by atoms with E-state index in [-0.39, 0.29) is 5.82 Å². The Hall–Kier alpha value is -0.840. The number of aromatic nitrogens is 3. The maximum Gasteiger partial charge on any atom is 0.255 e. The fourth-order valence-corrected chi connectivity index (χ4v) is 0.538. The Kier molecular flexibility index (Phi) is 1.52. The summed E-state index contributed by atoms with van der Waals surface area (Å²) in [5.74, 6) is 0.739. The van der Waals surface area contributed by atoms with Gasteiger partial charge in [0.05, 0.1) is 0 Å². The lowest BCUT2D eigenvalue weighted by atomic mass is 10.7. The zero-order chi connectivity index (χ0) is 6.85. The van der Waals surface area contributed by atoms with Crippen molar-refractivity contribution < 1.29 is 4.79 Å². The molecule has 0 aliphatic heterocycles. The van der Waals surface area contributed by atoms with Gasteiger partial charge in [0, 0.05) is 0 Å². The second kappa shape index (κ2) is 2.18. The number of H-pyrrole nitrogens is 1. The number of nitrogens with one attached hydrogen (secondary N) is 1. The van der Waals surface area contributed by atoms with Crippen LogP contribution in [-0.4, -0.2) is 20.3 Å². The van der Waals surface area contributed by atoms with Crippen molar-refractivity contribution in [1.82, 2.24) is 15.2 Å². The summed E-state index contributed by atoms with van der Waals surface area (Å²) in [5.41, 5.74) is 0. The van der Waals surface area contributed by atoms with Gasteiger partial charge < -0.3 is 0 Å². The van der Waals surface area contributed by atoms with Crippen molar-refractivity contribution in [1.29, 1.82) is 0 Å². The van der Waals surface area contributed by atoms with Crippen LogP contribution < -0.4 is 0 Å². The minimum Gasteiger partial charge on any atom is -0.278 e. The molecular formula is C4H5N3OS. The van der Waals surface area contributed by atoms with Crippen LogP contribution in [0.1, 0.15) is 16.4 Å². The Morgan fingerprint density at radius 1 is 1.78 bits per heavy atom. The summed E-state index contributed by atoms with van der Waals surface area (Å²) in [4.78, 5) is 14.1. The third-order valence-electron chi connectivity index (χ3n) is 0.789. The van der Waals surface area contributed by atoms with Gasteiger partial charge in [-0.3, -0.25) is 9.89 Å². The molecule has 1 rings (SSSR count). The SMILES string of the molecule is Cc1nc(C(=O)S)n[nH]1. The molecule has 0 aliphatic carbocycles. The zero-order valence-electron chi connectivity index (χ0n) is 4.75. The quantitative estimate of drug-likeness (QED) is 0.551. The molecule has 0 aliphatic rings. The van der Waals surface area contributed by atoms with Gasteiger partial charge in [0.1, 0.15) is 5.82 Å². The van der Waals surface area contributed by atoms with E-state index >= 15 is 0 Å². The molecule has 5 heteroatoms. The average Bonchev–Trinajstić information content (AvgIpc) is 2.14. The number of rotatable bonds is 1. The molecule has 0 aromatic carbocycles. The largest absolute Gasteiger partial charge is 0.278 e. The molecule has 1 aromatic rings. The Bertz CT molecular complexity index is 231. The van der Waals surface area contributed by atoms with E-state index in [0.29, 0.717) is 5.82 Å². The first-order chi connectivity index (χ1) is 4.20. The van der Waals surface area contributed by atoms with Gasteiger partial charge >= 0.3 is 0 Å². The summed E-state index contributed by atoms with van der Waals surface area (Å²) in [6, 6.07) is 0. The van der Waals surface area contributed by atoms with Gasteiger partial charge in [-0.15, -0.1) is 5.10 Å². The average molecular weight is 143 g/mol. The van der Waals surface area contributed by atoms with Crippen LogP contribution in [0.2, 0.25) is 0 Å². The van der Waals surface area contributed by atoms with Crippen molar-refractivity contribution >= 4 is 17.7 Å². The van der Waals surface area contributed by atoms with Crippen LogP contribution in [0.25, 0.3) is 0 Å². The highest BCUT2D eigenvalue weighted by molar-refractivity contribution is 7.97. The van der Waals surface area contributed by atoms with Gasteiger partial charge in [-0.1, -0.05) is 12.6 Å². The lowest BCUT2D eigenvalue weighted by Crippen LogP contribution is -1.90. The van der Waals surface area contributed by atoms with Gasteiger partial charge in [0.15, 0.2) is 0 Å². The highest BCUT2D eigenvalue weighted by Crippen LogP contribution is 1.93. The van der Waals surface area contributed by atoms with E-state index in [1.165, 1.54) is 0 Å². The number of thiol groups is 1. The molecule has 0 saturated heterocycles. The Morgan fingerprint density at radius 3 is 2.67 bits per heavy atom. The predicted octanol–water partition coefficient (Wildman–Crippen LogP) is 0.183. The number of carbonyl (C=O) groups is 1. The lowest BCUT2D eigenvalue weighted by molar-refractivity contribution is 0.108. The van der Waals surface area contributed by atoms with Gasteiger partial charge in [-0.2, -0.15) is 0 Å². The first kappa shape index (κ1) is 6.28. The monoisotopic (exact) mass is 143 g/mol. The van der Waals surface area contributed by atoms with Crippen LogP contribution in [0.5, 0.6) is 0 Å². The van der Waals surface area contributed by atoms with Crippen molar-refractivity contribution in [2.24, 2.45) is 0 Å². The number of hydrogen-bond donors (Lipinski definition) is 2. The van der Waals surface area contributed by atoms with Crippen molar-refractivity contribution in [2.75, 3.05) is 0 Å². The van der Waals surface area contributed by atoms with E-state index in [2.05, 4.69) is 27.8 Å². The van der Waals surface area contributed by atoms with Gasteiger partial charge in [-0.25, -0.2) is 4.98 Å². The highest BCUT2D eigenvalue weighted by atomic mass is 32.1. The number of aryl methyl sites for hydroxylation is 1. The molecule has 0 radical (unpaired) electrons. The molecule has 4 nitrogen and oxygen atoms in total. The molecular weight excluding hydrogens is 138 g/mol. The summed E-state index contributed by atoms with van der Waals surface area (Å²) in [6.07, 6.45) is 0. The molecule has 1 N–H and O–H groups in total. The van der Waals surface area contributed by atoms with E-state index in [1.54, 1.807) is 6.92 Å². The predicted molar refractivity (Wildman–Crippen MR) is 34.4 cm³/mol. The molecule has 0 fully saturated rings. The van der Waals surface area contributed by atoms with Crippen molar-refractivity contribution in [3.05, 3.63) is 11.6 Å². The van der Waals surface area contributed by atoms with Gasteiger partial charge in [0.2, 0.25) is 5.82 Å². The third kappa shape index (κ3) is 1.29. The van der Waals surface area contributed by atoms with Gasteiger partial charge in [0.25, 0.3) is 5.12 Å². The molecule has 0 saturated carbocycles. The summed E-state index contributed by atoms with van der Waals surface area (Å²) < 4.78 is 0. The molecule has 9 heavy (non-hydrogen) atoms. The third-order valence-corrected chi connectivity index (χ3v) is 0.989. The minimum absolute atomic E-state index is 0.121. The van der Waals surface area contributed by atoms with Crippen LogP contribution in [0.4, 0.5) is 0 Å². The number of carbonyl (C=O) groups excluding carboxylic acids is 1. The molecule has 0 bridgehead atoms. The first-order valence-corrected chi connectivity index (χ1v) is 2.77. The zero-order valence-corrected chi connectivity index (χ0v) is 5.64. The fraction of sp³-hybridized carbons (Fsp3) is 0.250. The molecule has 0 spiro atoms. The summed E-state index contributed by atoms with van der Waals surface area (Å²) in [7, 11) is 0. The van der Waals surface area contributed by atoms with Crippen LogP contribution in [0, 0.1) is 6.92 Å². The second-order valence-electron chi connectivity index (χ2n) is 1.55. The first-order valence-electron chi connectivity index (χ1n) is 2.32. The molecule has 1 aromatic heterocycles. The summed E-state index contributed by atoms with van der Waals surface area (Å²) in [6.45, 7) is 1.72. The standard InChI is InChI=1S/C4H5N3OS/c1-2-5-3(4(8)9)7-6-2/h1H3,(H,8,9)(H,5,6,7). The highest BCUT2D eigenvalue weighted by Gasteiger charge is 2.03. The minimum atomic E-state index is -0.417. The smallest absolute Gasteiger partial charge is 0.255 e. The normalized spacial score (nSPS) is 9.56. The summed E-state index contributed by atoms with van der Waals surface area (Å²) in [5, 5.41) is 5.66. The van der Waals surface area contributed by atoms with Gasteiger partial charge in [-0.05, 0) is 6.92 Å². The van der Waals surface area contributed by atoms with Crippen molar-refractivity contribution in [2.45, 2.75) is 6.92 Å². The van der Waals surface area contributed by atoms with Crippen LogP contribution >= 0.6 is 12.6 Å². The summed E-state index contributed by atoms with van der Waals surface area (Å²) >= 11 is 3.52. The van der Waals surface area contributed by atoms with E-state index < -0.39 is 5.12 Å². The van der Waals surface area contributed by atoms with Crippen LogP contribution in [0.15, 0.2) is 0 Å². The Balaban J connectivity index is 2.98. The Labute approximate surface area is 57.1 Å². The number of nitrogens with zero attached hydrogens (tertiary/aromatic N) is 2. The molecule has 0 unspecified atom stereocenters. The van der Waals surface area contributed by atoms with E-state index in [1.807, 2.05) is 0 Å². The second-order valence-corrected chi connectivity index (χ2v) is 1.96. The van der Waals surface area contributed by atoms with Crippen LogP contribution in [0.3, 0.4) is 0 Å². The lowest BCUT2D eigenvalue weighted by Gasteiger charge is -1.76. The van der Waals surface area contributed by atoms with E-state index in [0.717, 1.165) is 0 Å². The van der Waals surface area contributed by atoms with E-state index in [9.17, 15) is 4.79 Å². The molecule has 1 heterocycles. The van der Waals surface area contributed by atoms with E-state index in [4.69, 9.17) is 0 Å². The fourth-order valence-electron chi connectivity index (χ4n) is 0.438. The number of hydrogen-bond acceptors (Lipinski definition) is 3. The molecule has 0 atom stereocenters. The van der Waals surface area contributed by atoms with Crippen molar-refractivity contribution in [3.8, 4) is 0 Å².